The lowest BCUT2D eigenvalue weighted by Crippen LogP contribution is -2.06. The summed E-state index contributed by atoms with van der Waals surface area (Å²) in [7, 11) is 0. The van der Waals surface area contributed by atoms with Crippen LogP contribution in [-0.4, -0.2) is 15.5 Å². The maximum Gasteiger partial charge on any atom is 0.142 e. The van der Waals surface area contributed by atoms with Crippen LogP contribution < -0.4 is 0 Å². The van der Waals surface area contributed by atoms with Crippen LogP contribution in [0.25, 0.3) is 0 Å². The summed E-state index contributed by atoms with van der Waals surface area (Å²) in [5.41, 5.74) is 3.07. The van der Waals surface area contributed by atoms with Crippen molar-refractivity contribution < 1.29 is 0 Å². The molecule has 0 aliphatic carbocycles. The fourth-order valence-electron chi connectivity index (χ4n) is 1.73. The van der Waals surface area contributed by atoms with Crippen molar-refractivity contribution in [3.63, 3.8) is 0 Å². The predicted octanol–water partition coefficient (Wildman–Crippen LogP) is 2.12. The van der Waals surface area contributed by atoms with Gasteiger partial charge in [0, 0.05) is 17.4 Å². The monoisotopic (exact) mass is 207 g/mol. The Morgan fingerprint density at radius 3 is 3.00 bits per heavy atom. The Balaban J connectivity index is 2.53. The lowest BCUT2D eigenvalue weighted by molar-refractivity contribution is 0.523. The first-order chi connectivity index (χ1) is 6.74. The largest absolute Gasteiger partial charge is 0.252 e. The molecule has 0 spiro atoms. The first kappa shape index (κ1) is 9.60. The van der Waals surface area contributed by atoms with Crippen LogP contribution in [0.5, 0.6) is 0 Å². The fourth-order valence-corrected chi connectivity index (χ4v) is 2.65. The zero-order valence-electron chi connectivity index (χ0n) is 8.45. The van der Waals surface area contributed by atoms with E-state index in [-0.39, 0.29) is 6.04 Å². The van der Waals surface area contributed by atoms with Gasteiger partial charge in [-0.3, -0.25) is 4.68 Å². The second kappa shape index (κ2) is 3.66. The third-order valence-corrected chi connectivity index (χ3v) is 3.39. The van der Waals surface area contributed by atoms with Crippen molar-refractivity contribution in [2.75, 3.05) is 5.75 Å². The third kappa shape index (κ3) is 1.42. The minimum absolute atomic E-state index is 0.278. The summed E-state index contributed by atoms with van der Waals surface area (Å²) < 4.78 is 1.86. The molecule has 0 fully saturated rings. The molecule has 2 heterocycles. The van der Waals surface area contributed by atoms with Gasteiger partial charge in [-0.15, -0.1) is 0 Å². The number of nitrogens with zero attached hydrogens (tertiary/aromatic N) is 3. The van der Waals surface area contributed by atoms with Crippen LogP contribution in [0.15, 0.2) is 0 Å². The average Bonchev–Trinajstić information content (AvgIpc) is 2.56. The van der Waals surface area contributed by atoms with E-state index in [0.717, 1.165) is 29.3 Å². The molecule has 0 saturated carbocycles. The molecule has 1 aromatic rings. The maximum absolute atomic E-state index is 9.09. The Morgan fingerprint density at radius 2 is 2.36 bits per heavy atom. The molecule has 0 N–H and O–H groups in total. The van der Waals surface area contributed by atoms with E-state index in [1.165, 1.54) is 5.56 Å². The Hall–Kier alpha value is -0.950. The van der Waals surface area contributed by atoms with Gasteiger partial charge in [0.05, 0.1) is 5.69 Å². The maximum atomic E-state index is 9.09. The molecule has 0 radical (unpaired) electrons. The van der Waals surface area contributed by atoms with E-state index >= 15 is 0 Å². The van der Waals surface area contributed by atoms with E-state index < -0.39 is 0 Å². The van der Waals surface area contributed by atoms with Crippen LogP contribution >= 0.6 is 11.8 Å². The summed E-state index contributed by atoms with van der Waals surface area (Å²) in [4.78, 5) is 0. The van der Waals surface area contributed by atoms with Gasteiger partial charge in [-0.05, 0) is 26.0 Å². The summed E-state index contributed by atoms with van der Waals surface area (Å²) >= 11 is 1.90. The Labute approximate surface area is 88.1 Å². The van der Waals surface area contributed by atoms with Gasteiger partial charge in [-0.25, -0.2) is 0 Å². The van der Waals surface area contributed by atoms with Gasteiger partial charge >= 0.3 is 0 Å². The summed E-state index contributed by atoms with van der Waals surface area (Å²) in [5.74, 6) is 2.08. The van der Waals surface area contributed by atoms with E-state index in [2.05, 4.69) is 25.0 Å². The van der Waals surface area contributed by atoms with Crippen molar-refractivity contribution in [2.45, 2.75) is 32.1 Å². The molecule has 1 aliphatic rings. The van der Waals surface area contributed by atoms with Gasteiger partial charge in [0.2, 0.25) is 0 Å². The summed E-state index contributed by atoms with van der Waals surface area (Å²) in [6.45, 7) is 4.12. The van der Waals surface area contributed by atoms with E-state index in [9.17, 15) is 0 Å². The van der Waals surface area contributed by atoms with E-state index in [4.69, 9.17) is 5.26 Å². The van der Waals surface area contributed by atoms with Gasteiger partial charge < -0.3 is 0 Å². The number of rotatable bonds is 1. The van der Waals surface area contributed by atoms with E-state index in [1.54, 1.807) is 0 Å². The standard InChI is InChI=1S/C10H13N3S/c1-7(2)13-10(5-11)8-3-4-14-6-9(8)12-13/h7H,3-4,6H2,1-2H3. The lowest BCUT2D eigenvalue weighted by atomic mass is 10.1. The van der Waals surface area contributed by atoms with Gasteiger partial charge in [0.15, 0.2) is 0 Å². The number of hydrogen-bond acceptors (Lipinski definition) is 3. The molecule has 14 heavy (non-hydrogen) atoms. The zero-order valence-corrected chi connectivity index (χ0v) is 9.27. The average molecular weight is 207 g/mol. The molecular formula is C10H13N3S. The van der Waals surface area contributed by atoms with Crippen molar-refractivity contribution in [1.82, 2.24) is 9.78 Å². The van der Waals surface area contributed by atoms with Gasteiger partial charge in [0.1, 0.15) is 11.8 Å². The molecule has 1 aromatic heterocycles. The highest BCUT2D eigenvalue weighted by Crippen LogP contribution is 2.27. The molecule has 0 saturated heterocycles. The van der Waals surface area contributed by atoms with Gasteiger partial charge in [0.25, 0.3) is 0 Å². The normalized spacial score (nSPS) is 15.3. The molecule has 0 atom stereocenters. The molecule has 0 bridgehead atoms. The van der Waals surface area contributed by atoms with Crippen LogP contribution in [0.2, 0.25) is 0 Å². The molecule has 74 valence electrons. The van der Waals surface area contributed by atoms with Crippen molar-refractivity contribution in [2.24, 2.45) is 0 Å². The zero-order chi connectivity index (χ0) is 10.1. The van der Waals surface area contributed by atoms with Crippen LogP contribution in [0, 0.1) is 11.3 Å². The first-order valence-corrected chi connectivity index (χ1v) is 5.97. The molecule has 1 aliphatic heterocycles. The minimum Gasteiger partial charge on any atom is -0.252 e. The molecular weight excluding hydrogens is 194 g/mol. The molecule has 4 heteroatoms. The quantitative estimate of drug-likeness (QED) is 0.708. The molecule has 0 amide bonds. The Morgan fingerprint density at radius 1 is 1.57 bits per heavy atom. The Bertz CT molecular complexity index is 387. The van der Waals surface area contributed by atoms with Gasteiger partial charge in [-0.2, -0.15) is 22.1 Å². The second-order valence-corrected chi connectivity index (χ2v) is 4.83. The lowest BCUT2D eigenvalue weighted by Gasteiger charge is -2.08. The first-order valence-electron chi connectivity index (χ1n) is 4.82. The van der Waals surface area contributed by atoms with Gasteiger partial charge in [-0.1, -0.05) is 0 Å². The second-order valence-electron chi connectivity index (χ2n) is 3.73. The van der Waals surface area contributed by atoms with Crippen LogP contribution in [0.3, 0.4) is 0 Å². The van der Waals surface area contributed by atoms with Crippen molar-refractivity contribution in [1.29, 1.82) is 5.26 Å². The highest BCUT2D eigenvalue weighted by atomic mass is 32.2. The van der Waals surface area contributed by atoms with Crippen molar-refractivity contribution >= 4 is 11.8 Å². The van der Waals surface area contributed by atoms with Crippen LogP contribution in [-0.2, 0) is 12.2 Å². The predicted molar refractivity (Wildman–Crippen MR) is 57.2 cm³/mol. The topological polar surface area (TPSA) is 41.6 Å². The summed E-state index contributed by atoms with van der Waals surface area (Å²) in [5, 5.41) is 13.6. The van der Waals surface area contributed by atoms with E-state index in [1.807, 2.05) is 16.4 Å². The molecule has 0 unspecified atom stereocenters. The number of fused-ring (bicyclic) bond motifs is 1. The van der Waals surface area contributed by atoms with E-state index in [0.29, 0.717) is 0 Å². The summed E-state index contributed by atoms with van der Waals surface area (Å²) in [6.07, 6.45) is 0.996. The summed E-state index contributed by atoms with van der Waals surface area (Å²) in [6, 6.07) is 2.55. The van der Waals surface area contributed by atoms with Crippen molar-refractivity contribution in [3.05, 3.63) is 17.0 Å². The number of aromatic nitrogens is 2. The third-order valence-electron chi connectivity index (χ3n) is 2.42. The Kier molecular flexibility index (Phi) is 2.51. The van der Waals surface area contributed by atoms with Crippen LogP contribution in [0.4, 0.5) is 0 Å². The number of thioether (sulfide) groups is 1. The molecule has 2 rings (SSSR count). The smallest absolute Gasteiger partial charge is 0.142 e. The SMILES string of the molecule is CC(C)n1nc2c(c1C#N)CCSC2. The van der Waals surface area contributed by atoms with Crippen molar-refractivity contribution in [3.8, 4) is 6.07 Å². The fraction of sp³-hybridized carbons (Fsp3) is 0.600. The number of hydrogen-bond donors (Lipinski definition) is 0. The highest BCUT2D eigenvalue weighted by Gasteiger charge is 2.21. The minimum atomic E-state index is 0.278. The molecule has 3 nitrogen and oxygen atoms in total. The highest BCUT2D eigenvalue weighted by molar-refractivity contribution is 7.98. The van der Waals surface area contributed by atoms with Crippen LogP contribution in [0.1, 0.15) is 36.8 Å². The number of nitriles is 1. The molecule has 0 aromatic carbocycles.